The minimum absolute atomic E-state index is 0.516. The highest BCUT2D eigenvalue weighted by molar-refractivity contribution is 6.30. The van der Waals surface area contributed by atoms with Gasteiger partial charge < -0.3 is 15.4 Å². The van der Waals surface area contributed by atoms with E-state index in [1.54, 1.807) is 6.07 Å². The van der Waals surface area contributed by atoms with Gasteiger partial charge in [-0.15, -0.1) is 0 Å². The van der Waals surface area contributed by atoms with Gasteiger partial charge in [-0.2, -0.15) is 0 Å². The van der Waals surface area contributed by atoms with Crippen LogP contribution < -0.4 is 5.32 Å². The number of fused-ring (bicyclic) bond motifs is 1. The molecule has 4 heteroatoms. The number of rotatable bonds is 6. The fourth-order valence-electron chi connectivity index (χ4n) is 2.79. The standard InChI is InChI=1S/C19H21ClN2O/c1-13-5-6-18-17(9-13)15(11-22-18)7-8-21-12-19(23)14-3-2-4-16(20)10-14/h2-6,9-11,19,21-23H,7-8,12H2,1H3. The number of halogens is 1. The van der Waals surface area contributed by atoms with Crippen LogP contribution >= 0.6 is 11.6 Å². The summed E-state index contributed by atoms with van der Waals surface area (Å²) in [4.78, 5) is 3.31. The Morgan fingerprint density at radius 3 is 2.91 bits per heavy atom. The van der Waals surface area contributed by atoms with E-state index in [0.717, 1.165) is 18.5 Å². The van der Waals surface area contributed by atoms with Gasteiger partial charge in [0.15, 0.2) is 0 Å². The lowest BCUT2D eigenvalue weighted by molar-refractivity contribution is 0.175. The van der Waals surface area contributed by atoms with Gasteiger partial charge in [0.05, 0.1) is 6.10 Å². The summed E-state index contributed by atoms with van der Waals surface area (Å²) in [5.41, 5.74) is 4.58. The van der Waals surface area contributed by atoms with Gasteiger partial charge in [-0.25, -0.2) is 0 Å². The molecule has 0 saturated heterocycles. The molecule has 1 aromatic heterocycles. The number of aromatic amines is 1. The van der Waals surface area contributed by atoms with Crippen molar-refractivity contribution >= 4 is 22.5 Å². The zero-order valence-corrected chi connectivity index (χ0v) is 13.9. The topological polar surface area (TPSA) is 48.0 Å². The van der Waals surface area contributed by atoms with Crippen LogP contribution in [-0.4, -0.2) is 23.2 Å². The highest BCUT2D eigenvalue weighted by Gasteiger charge is 2.08. The maximum absolute atomic E-state index is 10.2. The number of aromatic nitrogens is 1. The molecule has 0 spiro atoms. The first-order chi connectivity index (χ1) is 11.1. The van der Waals surface area contributed by atoms with Gasteiger partial charge in [0.1, 0.15) is 0 Å². The Bertz CT molecular complexity index is 797. The minimum atomic E-state index is -0.543. The van der Waals surface area contributed by atoms with Crippen LogP contribution in [0.3, 0.4) is 0 Å². The molecule has 2 aromatic carbocycles. The van der Waals surface area contributed by atoms with E-state index in [-0.39, 0.29) is 0 Å². The summed E-state index contributed by atoms with van der Waals surface area (Å²) >= 11 is 5.95. The second-order valence-electron chi connectivity index (χ2n) is 5.89. The summed E-state index contributed by atoms with van der Waals surface area (Å²) in [7, 11) is 0. The fraction of sp³-hybridized carbons (Fsp3) is 0.263. The van der Waals surface area contributed by atoms with E-state index in [4.69, 9.17) is 11.6 Å². The number of hydrogen-bond donors (Lipinski definition) is 3. The van der Waals surface area contributed by atoms with Crippen LogP contribution in [0.25, 0.3) is 10.9 Å². The summed E-state index contributed by atoms with van der Waals surface area (Å²) in [6.07, 6.45) is 2.45. The Morgan fingerprint density at radius 1 is 1.22 bits per heavy atom. The van der Waals surface area contributed by atoms with Crippen molar-refractivity contribution in [1.82, 2.24) is 10.3 Å². The quantitative estimate of drug-likeness (QED) is 0.599. The third-order valence-corrected chi connectivity index (χ3v) is 4.30. The van der Waals surface area contributed by atoms with E-state index in [9.17, 15) is 5.11 Å². The molecular weight excluding hydrogens is 308 g/mol. The Labute approximate surface area is 141 Å². The smallest absolute Gasteiger partial charge is 0.0914 e. The average molecular weight is 329 g/mol. The van der Waals surface area contributed by atoms with E-state index < -0.39 is 6.10 Å². The normalized spacial score (nSPS) is 12.7. The summed E-state index contributed by atoms with van der Waals surface area (Å²) in [6, 6.07) is 13.8. The molecule has 0 saturated carbocycles. The molecule has 3 rings (SSSR count). The van der Waals surface area contributed by atoms with Gasteiger partial charge in [-0.05, 0) is 55.3 Å². The second-order valence-corrected chi connectivity index (χ2v) is 6.32. The molecular formula is C19H21ClN2O. The molecule has 0 radical (unpaired) electrons. The molecule has 0 amide bonds. The lowest BCUT2D eigenvalue weighted by atomic mass is 10.1. The highest BCUT2D eigenvalue weighted by Crippen LogP contribution is 2.20. The van der Waals surface area contributed by atoms with Crippen molar-refractivity contribution in [3.8, 4) is 0 Å². The second kappa shape index (κ2) is 7.18. The molecule has 3 N–H and O–H groups in total. The zero-order valence-electron chi connectivity index (χ0n) is 13.1. The van der Waals surface area contributed by atoms with Crippen LogP contribution in [0, 0.1) is 6.92 Å². The van der Waals surface area contributed by atoms with Crippen LogP contribution in [-0.2, 0) is 6.42 Å². The van der Waals surface area contributed by atoms with Crippen molar-refractivity contribution in [3.05, 3.63) is 70.4 Å². The number of aliphatic hydroxyl groups excluding tert-OH is 1. The van der Waals surface area contributed by atoms with Crippen LogP contribution in [0.5, 0.6) is 0 Å². The van der Waals surface area contributed by atoms with Crippen molar-refractivity contribution in [3.63, 3.8) is 0 Å². The van der Waals surface area contributed by atoms with Crippen molar-refractivity contribution in [2.75, 3.05) is 13.1 Å². The number of aryl methyl sites for hydroxylation is 1. The predicted molar refractivity (Wildman–Crippen MR) is 96.0 cm³/mol. The van der Waals surface area contributed by atoms with Crippen LogP contribution in [0.2, 0.25) is 5.02 Å². The van der Waals surface area contributed by atoms with Gasteiger partial charge in [-0.1, -0.05) is 35.4 Å². The predicted octanol–water partition coefficient (Wildman–Crippen LogP) is 4.00. The maximum Gasteiger partial charge on any atom is 0.0914 e. The van der Waals surface area contributed by atoms with E-state index in [1.807, 2.05) is 18.2 Å². The lowest BCUT2D eigenvalue weighted by Gasteiger charge is -2.12. The van der Waals surface area contributed by atoms with Crippen molar-refractivity contribution < 1.29 is 5.11 Å². The third-order valence-electron chi connectivity index (χ3n) is 4.07. The molecule has 3 aromatic rings. The SMILES string of the molecule is Cc1ccc2[nH]cc(CCNCC(O)c3cccc(Cl)c3)c2c1. The zero-order chi connectivity index (χ0) is 16.2. The van der Waals surface area contributed by atoms with E-state index in [0.29, 0.717) is 11.6 Å². The molecule has 0 aliphatic carbocycles. The maximum atomic E-state index is 10.2. The van der Waals surface area contributed by atoms with Gasteiger partial charge in [0.2, 0.25) is 0 Å². The monoisotopic (exact) mass is 328 g/mol. The van der Waals surface area contributed by atoms with Gasteiger partial charge in [0.25, 0.3) is 0 Å². The van der Waals surface area contributed by atoms with Crippen LogP contribution in [0.4, 0.5) is 0 Å². The number of hydrogen-bond acceptors (Lipinski definition) is 2. The summed E-state index contributed by atoms with van der Waals surface area (Å²) < 4.78 is 0. The fourth-order valence-corrected chi connectivity index (χ4v) is 2.99. The third kappa shape index (κ3) is 3.94. The van der Waals surface area contributed by atoms with Gasteiger partial charge >= 0.3 is 0 Å². The molecule has 23 heavy (non-hydrogen) atoms. The average Bonchev–Trinajstić information content (AvgIpc) is 2.93. The molecule has 3 nitrogen and oxygen atoms in total. The van der Waals surface area contributed by atoms with Crippen LogP contribution in [0.15, 0.2) is 48.7 Å². The number of benzene rings is 2. The number of H-pyrrole nitrogens is 1. The molecule has 0 aliphatic heterocycles. The Balaban J connectivity index is 1.54. The first-order valence-electron chi connectivity index (χ1n) is 7.84. The molecule has 1 heterocycles. The summed E-state index contributed by atoms with van der Waals surface area (Å²) in [5.74, 6) is 0. The Kier molecular flexibility index (Phi) is 5.01. The van der Waals surface area contributed by atoms with E-state index >= 15 is 0 Å². The van der Waals surface area contributed by atoms with E-state index in [2.05, 4.69) is 41.6 Å². The molecule has 0 fully saturated rings. The summed E-state index contributed by atoms with van der Waals surface area (Å²) in [6.45, 7) is 3.44. The molecule has 1 unspecified atom stereocenters. The minimum Gasteiger partial charge on any atom is -0.387 e. The first-order valence-corrected chi connectivity index (χ1v) is 8.22. The van der Waals surface area contributed by atoms with Crippen molar-refractivity contribution in [2.24, 2.45) is 0 Å². The van der Waals surface area contributed by atoms with Crippen molar-refractivity contribution in [1.29, 1.82) is 0 Å². The van der Waals surface area contributed by atoms with Gasteiger partial charge in [-0.3, -0.25) is 0 Å². The number of aliphatic hydroxyl groups is 1. The van der Waals surface area contributed by atoms with E-state index in [1.165, 1.54) is 22.0 Å². The lowest BCUT2D eigenvalue weighted by Crippen LogP contribution is -2.23. The Morgan fingerprint density at radius 2 is 2.09 bits per heavy atom. The Hall–Kier alpha value is -1.81. The van der Waals surface area contributed by atoms with Gasteiger partial charge in [0, 0.05) is 28.7 Å². The molecule has 1 atom stereocenters. The van der Waals surface area contributed by atoms with Crippen LogP contribution in [0.1, 0.15) is 22.8 Å². The summed E-state index contributed by atoms with van der Waals surface area (Å²) in [5, 5.41) is 15.4. The first kappa shape index (κ1) is 16.1. The molecule has 0 bridgehead atoms. The largest absolute Gasteiger partial charge is 0.387 e. The molecule has 0 aliphatic rings. The molecule has 120 valence electrons. The van der Waals surface area contributed by atoms with Crippen molar-refractivity contribution in [2.45, 2.75) is 19.4 Å². The number of nitrogens with one attached hydrogen (secondary N) is 2. The highest BCUT2D eigenvalue weighted by atomic mass is 35.5.